The average molecular weight is 336 g/mol. The smallest absolute Gasteiger partial charge is 0.174 e. The Morgan fingerprint density at radius 1 is 0.960 bits per heavy atom. The first-order valence-corrected chi connectivity index (χ1v) is 8.16. The van der Waals surface area contributed by atoms with Crippen LogP contribution in [0.2, 0.25) is 0 Å². The fraction of sp³-hybridized carbons (Fsp3) is 0.238. The first-order chi connectivity index (χ1) is 12.2. The first-order valence-electron chi connectivity index (χ1n) is 8.16. The Kier molecular flexibility index (Phi) is 4.98. The Balaban J connectivity index is 2.07. The minimum absolute atomic E-state index is 0.173. The maximum Gasteiger partial charge on any atom is 0.174 e. The van der Waals surface area contributed by atoms with Crippen LogP contribution in [0.3, 0.4) is 0 Å². The summed E-state index contributed by atoms with van der Waals surface area (Å²) < 4.78 is 10.8. The predicted molar refractivity (Wildman–Crippen MR) is 94.7 cm³/mol. The van der Waals surface area contributed by atoms with E-state index in [1.165, 1.54) is 13.2 Å². The zero-order valence-corrected chi connectivity index (χ0v) is 14.3. The van der Waals surface area contributed by atoms with Crippen LogP contribution < -0.4 is 4.74 Å². The molecule has 1 aliphatic rings. The lowest BCUT2D eigenvalue weighted by atomic mass is 9.73. The lowest BCUT2D eigenvalue weighted by Crippen LogP contribution is -2.33. The number of carbonyl (C=O) groups is 2. The van der Waals surface area contributed by atoms with Crippen molar-refractivity contribution in [3.8, 4) is 5.75 Å². The van der Waals surface area contributed by atoms with Gasteiger partial charge in [0.25, 0.3) is 0 Å². The van der Waals surface area contributed by atoms with Gasteiger partial charge in [-0.3, -0.25) is 9.59 Å². The molecule has 0 heterocycles. The topological polar surface area (TPSA) is 52.6 Å². The monoisotopic (exact) mass is 336 g/mol. The average Bonchev–Trinajstić information content (AvgIpc) is 2.67. The van der Waals surface area contributed by atoms with Crippen molar-refractivity contribution in [1.82, 2.24) is 0 Å². The second-order valence-corrected chi connectivity index (χ2v) is 5.98. The van der Waals surface area contributed by atoms with Crippen molar-refractivity contribution >= 4 is 11.6 Å². The molecule has 0 radical (unpaired) electrons. The zero-order valence-electron chi connectivity index (χ0n) is 14.3. The molecule has 2 aromatic carbocycles. The summed E-state index contributed by atoms with van der Waals surface area (Å²) in [6.45, 7) is 0. The van der Waals surface area contributed by atoms with Crippen LogP contribution >= 0.6 is 0 Å². The van der Waals surface area contributed by atoms with E-state index < -0.39 is 5.92 Å². The molecular weight excluding hydrogens is 316 g/mol. The highest BCUT2D eigenvalue weighted by atomic mass is 16.5. The quantitative estimate of drug-likeness (QED) is 0.616. The molecule has 0 N–H and O–H groups in total. The number of ether oxygens (including phenoxy) is 2. The van der Waals surface area contributed by atoms with E-state index in [1.54, 1.807) is 31.4 Å². The van der Waals surface area contributed by atoms with Gasteiger partial charge in [0.1, 0.15) is 5.75 Å². The van der Waals surface area contributed by atoms with Crippen molar-refractivity contribution in [2.75, 3.05) is 14.2 Å². The molecule has 2 unspecified atom stereocenters. The van der Waals surface area contributed by atoms with Crippen LogP contribution in [0.4, 0.5) is 0 Å². The third-order valence-corrected chi connectivity index (χ3v) is 4.57. The molecule has 0 bridgehead atoms. The summed E-state index contributed by atoms with van der Waals surface area (Å²) >= 11 is 0. The second kappa shape index (κ2) is 7.34. The van der Waals surface area contributed by atoms with Crippen LogP contribution in [-0.2, 0) is 9.53 Å². The van der Waals surface area contributed by atoms with Gasteiger partial charge in [-0.05, 0) is 11.6 Å². The van der Waals surface area contributed by atoms with E-state index in [-0.39, 0.29) is 17.5 Å². The molecule has 0 saturated carbocycles. The SMILES string of the molecule is COC1=CC(=O)C(C(=O)c2ccccc2)C(c2ccccc2OC)C1. The third kappa shape index (κ3) is 3.33. The van der Waals surface area contributed by atoms with E-state index in [2.05, 4.69) is 0 Å². The van der Waals surface area contributed by atoms with Crippen molar-refractivity contribution in [3.05, 3.63) is 77.6 Å². The molecule has 25 heavy (non-hydrogen) atoms. The highest BCUT2D eigenvalue weighted by Gasteiger charge is 2.40. The Morgan fingerprint density at radius 3 is 2.32 bits per heavy atom. The standard InChI is InChI=1S/C21H20O4/c1-24-15-12-17(16-10-6-7-11-19(16)25-2)20(18(22)13-15)21(23)14-8-4-3-5-9-14/h3-11,13,17,20H,12H2,1-2H3. The largest absolute Gasteiger partial charge is 0.501 e. The maximum atomic E-state index is 13.1. The molecular formula is C21H20O4. The van der Waals surface area contributed by atoms with Gasteiger partial charge in [-0.15, -0.1) is 0 Å². The summed E-state index contributed by atoms with van der Waals surface area (Å²) in [6, 6.07) is 16.4. The molecule has 2 atom stereocenters. The summed E-state index contributed by atoms with van der Waals surface area (Å²) in [5.41, 5.74) is 1.38. The van der Waals surface area contributed by atoms with Gasteiger partial charge < -0.3 is 9.47 Å². The number of para-hydroxylation sites is 1. The van der Waals surface area contributed by atoms with Crippen LogP contribution in [0.25, 0.3) is 0 Å². The van der Waals surface area contributed by atoms with E-state index in [1.807, 2.05) is 30.3 Å². The highest BCUT2D eigenvalue weighted by molar-refractivity contribution is 6.15. The summed E-state index contributed by atoms with van der Waals surface area (Å²) in [5, 5.41) is 0. The molecule has 2 aromatic rings. The van der Waals surface area contributed by atoms with Crippen LogP contribution in [0.15, 0.2) is 66.4 Å². The number of Topliss-reactive ketones (excluding diaryl/α,β-unsaturated/α-hetero) is 1. The maximum absolute atomic E-state index is 13.1. The summed E-state index contributed by atoms with van der Waals surface area (Å²) in [6.07, 6.45) is 1.92. The van der Waals surface area contributed by atoms with Crippen LogP contribution in [-0.4, -0.2) is 25.8 Å². The van der Waals surface area contributed by atoms with E-state index in [0.29, 0.717) is 23.5 Å². The molecule has 128 valence electrons. The van der Waals surface area contributed by atoms with Gasteiger partial charge >= 0.3 is 0 Å². The molecule has 4 heteroatoms. The third-order valence-electron chi connectivity index (χ3n) is 4.57. The summed E-state index contributed by atoms with van der Waals surface area (Å²) in [5.74, 6) is -0.254. The number of hydrogen-bond donors (Lipinski definition) is 0. The zero-order chi connectivity index (χ0) is 17.8. The predicted octanol–water partition coefficient (Wildman–Crippen LogP) is 3.78. The lowest BCUT2D eigenvalue weighted by molar-refractivity contribution is -0.118. The molecule has 0 aromatic heterocycles. The Morgan fingerprint density at radius 2 is 1.64 bits per heavy atom. The number of benzene rings is 2. The Hall–Kier alpha value is -2.88. The second-order valence-electron chi connectivity index (χ2n) is 5.98. The van der Waals surface area contributed by atoms with E-state index in [4.69, 9.17) is 9.47 Å². The molecule has 0 saturated heterocycles. The summed E-state index contributed by atoms with van der Waals surface area (Å²) in [4.78, 5) is 25.8. The van der Waals surface area contributed by atoms with Gasteiger partial charge in [0.2, 0.25) is 0 Å². The number of carbonyl (C=O) groups excluding carboxylic acids is 2. The fourth-order valence-corrected chi connectivity index (χ4v) is 3.34. The minimum Gasteiger partial charge on any atom is -0.501 e. The van der Waals surface area contributed by atoms with E-state index in [9.17, 15) is 9.59 Å². The van der Waals surface area contributed by atoms with E-state index >= 15 is 0 Å². The van der Waals surface area contributed by atoms with Crippen LogP contribution in [0, 0.1) is 5.92 Å². The number of hydrogen-bond acceptors (Lipinski definition) is 4. The molecule has 4 nitrogen and oxygen atoms in total. The van der Waals surface area contributed by atoms with Crippen LogP contribution in [0.1, 0.15) is 28.3 Å². The van der Waals surface area contributed by atoms with Crippen molar-refractivity contribution in [2.45, 2.75) is 12.3 Å². The van der Waals surface area contributed by atoms with Gasteiger partial charge in [0.15, 0.2) is 11.6 Å². The van der Waals surface area contributed by atoms with Gasteiger partial charge in [-0.1, -0.05) is 48.5 Å². The Bertz CT molecular complexity index is 808. The van der Waals surface area contributed by atoms with Crippen molar-refractivity contribution in [2.24, 2.45) is 5.92 Å². The van der Waals surface area contributed by atoms with Gasteiger partial charge in [0.05, 0.1) is 25.9 Å². The molecule has 3 rings (SSSR count). The number of methoxy groups -OCH3 is 2. The molecule has 1 aliphatic carbocycles. The van der Waals surface area contributed by atoms with Crippen molar-refractivity contribution < 1.29 is 19.1 Å². The fourth-order valence-electron chi connectivity index (χ4n) is 3.34. The first kappa shape index (κ1) is 17.0. The molecule has 0 amide bonds. The van der Waals surface area contributed by atoms with Crippen molar-refractivity contribution in [1.29, 1.82) is 0 Å². The molecule has 0 fully saturated rings. The minimum atomic E-state index is -0.780. The summed E-state index contributed by atoms with van der Waals surface area (Å²) in [7, 11) is 3.13. The molecule has 0 spiro atoms. The highest BCUT2D eigenvalue weighted by Crippen LogP contribution is 2.41. The van der Waals surface area contributed by atoms with Crippen LogP contribution in [0.5, 0.6) is 5.75 Å². The van der Waals surface area contributed by atoms with E-state index in [0.717, 1.165) is 5.56 Å². The Labute approximate surface area is 147 Å². The normalized spacial score (nSPS) is 19.9. The van der Waals surface area contributed by atoms with Crippen molar-refractivity contribution in [3.63, 3.8) is 0 Å². The van der Waals surface area contributed by atoms with Gasteiger partial charge in [-0.2, -0.15) is 0 Å². The number of allylic oxidation sites excluding steroid dienone is 2. The number of rotatable bonds is 5. The van der Waals surface area contributed by atoms with Gasteiger partial charge in [-0.25, -0.2) is 0 Å². The number of ketones is 2. The van der Waals surface area contributed by atoms with Gasteiger partial charge in [0, 0.05) is 24.0 Å². The molecule has 0 aliphatic heterocycles. The lowest BCUT2D eigenvalue weighted by Gasteiger charge is -2.30.